The summed E-state index contributed by atoms with van der Waals surface area (Å²) in [6.07, 6.45) is 0. The maximum Gasteiger partial charge on any atom is 0.294 e. The third-order valence-corrected chi connectivity index (χ3v) is 5.44. The van der Waals surface area contributed by atoms with E-state index in [4.69, 9.17) is 4.55 Å². The largest absolute Gasteiger partial charge is 0.294 e. The van der Waals surface area contributed by atoms with Crippen molar-refractivity contribution in [3.63, 3.8) is 0 Å². The van der Waals surface area contributed by atoms with Gasteiger partial charge in [0.1, 0.15) is 0 Å². The zero-order chi connectivity index (χ0) is 20.4. The molecule has 10 heteroatoms. The molecule has 144 valence electrons. The van der Waals surface area contributed by atoms with Gasteiger partial charge in [-0.1, -0.05) is 24.3 Å². The van der Waals surface area contributed by atoms with Crippen molar-refractivity contribution in [2.45, 2.75) is 9.79 Å². The molecule has 0 unspecified atom stereocenters. The van der Waals surface area contributed by atoms with Crippen LogP contribution < -0.4 is 0 Å². The zero-order valence-corrected chi connectivity index (χ0v) is 15.8. The second-order valence-electron chi connectivity index (χ2n) is 5.72. The number of hydrogen-bond acceptors (Lipinski definition) is 6. The Kier molecular flexibility index (Phi) is 5.38. The third kappa shape index (κ3) is 4.87. The van der Waals surface area contributed by atoms with Gasteiger partial charge in [0.2, 0.25) is 0 Å². The molecule has 28 heavy (non-hydrogen) atoms. The molecule has 0 aliphatic heterocycles. The van der Waals surface area contributed by atoms with E-state index in [1.165, 1.54) is 42.5 Å². The number of hydrogen-bond donors (Lipinski definition) is 2. The van der Waals surface area contributed by atoms with E-state index in [2.05, 4.69) is 10.2 Å². The van der Waals surface area contributed by atoms with Gasteiger partial charge in [0.05, 0.1) is 21.2 Å². The second kappa shape index (κ2) is 7.60. The van der Waals surface area contributed by atoms with Gasteiger partial charge in [-0.05, 0) is 59.7 Å². The van der Waals surface area contributed by atoms with Crippen LogP contribution in [0.1, 0.15) is 0 Å². The molecule has 0 bridgehead atoms. The molecule has 0 aromatic heterocycles. The average Bonchev–Trinajstić information content (AvgIpc) is 2.66. The molecule has 3 aromatic rings. The Morgan fingerprint density at radius 2 is 1.11 bits per heavy atom. The van der Waals surface area contributed by atoms with E-state index in [1.54, 1.807) is 30.3 Å². The Labute approximate surface area is 161 Å². The molecule has 0 heterocycles. The van der Waals surface area contributed by atoms with Gasteiger partial charge in [-0.2, -0.15) is 27.1 Å². The molecule has 0 radical (unpaired) electrons. The van der Waals surface area contributed by atoms with Crippen molar-refractivity contribution in [1.29, 1.82) is 0 Å². The Morgan fingerprint density at radius 1 is 0.571 bits per heavy atom. The Hall–Kier alpha value is -2.92. The number of azo groups is 1. The van der Waals surface area contributed by atoms with Crippen molar-refractivity contribution in [2.75, 3.05) is 0 Å². The van der Waals surface area contributed by atoms with Gasteiger partial charge in [-0.3, -0.25) is 9.11 Å². The summed E-state index contributed by atoms with van der Waals surface area (Å²) in [5.74, 6) is 0. The fourth-order valence-corrected chi connectivity index (χ4v) is 3.39. The van der Waals surface area contributed by atoms with Crippen molar-refractivity contribution in [1.82, 2.24) is 0 Å². The SMILES string of the molecule is O=S(=O)(O)c1ccc(N=Nc2cccc(-c3cccc(S(=O)(=O)O)c3)c2)cc1. The second-order valence-corrected chi connectivity index (χ2v) is 8.57. The summed E-state index contributed by atoms with van der Waals surface area (Å²) in [6, 6.07) is 17.9. The summed E-state index contributed by atoms with van der Waals surface area (Å²) in [4.78, 5) is -0.455. The van der Waals surface area contributed by atoms with Crippen LogP contribution in [0, 0.1) is 0 Å². The molecule has 0 spiro atoms. The van der Waals surface area contributed by atoms with Gasteiger partial charge in [-0.15, -0.1) is 0 Å². The van der Waals surface area contributed by atoms with Crippen LogP contribution in [0.3, 0.4) is 0 Å². The monoisotopic (exact) mass is 418 g/mol. The van der Waals surface area contributed by atoms with E-state index in [-0.39, 0.29) is 9.79 Å². The summed E-state index contributed by atoms with van der Waals surface area (Å²) in [6.45, 7) is 0. The summed E-state index contributed by atoms with van der Waals surface area (Å²) >= 11 is 0. The lowest BCUT2D eigenvalue weighted by atomic mass is 10.1. The van der Waals surface area contributed by atoms with Gasteiger partial charge in [0, 0.05) is 0 Å². The number of rotatable bonds is 5. The molecule has 0 aliphatic rings. The minimum absolute atomic E-state index is 0.212. The van der Waals surface area contributed by atoms with Crippen LogP contribution in [0.4, 0.5) is 11.4 Å². The first-order valence-corrected chi connectivity index (χ1v) is 10.7. The highest BCUT2D eigenvalue weighted by Crippen LogP contribution is 2.27. The molecule has 3 rings (SSSR count). The van der Waals surface area contributed by atoms with Crippen molar-refractivity contribution >= 4 is 31.6 Å². The highest BCUT2D eigenvalue weighted by Gasteiger charge is 2.11. The molecule has 0 saturated heterocycles. The Balaban J connectivity index is 1.87. The number of nitrogens with zero attached hydrogens (tertiary/aromatic N) is 2. The van der Waals surface area contributed by atoms with E-state index in [9.17, 15) is 21.4 Å². The van der Waals surface area contributed by atoms with Gasteiger partial charge < -0.3 is 0 Å². The summed E-state index contributed by atoms with van der Waals surface area (Å²) in [5, 5.41) is 8.08. The highest BCUT2D eigenvalue weighted by atomic mass is 32.2. The van der Waals surface area contributed by atoms with E-state index < -0.39 is 20.2 Å². The van der Waals surface area contributed by atoms with Gasteiger partial charge >= 0.3 is 0 Å². The minimum atomic E-state index is -4.31. The van der Waals surface area contributed by atoms with Crippen molar-refractivity contribution in [3.05, 3.63) is 72.8 Å². The predicted octanol–water partition coefficient (Wildman–Crippen LogP) is 4.26. The molecule has 0 amide bonds. The van der Waals surface area contributed by atoms with Gasteiger partial charge in [-0.25, -0.2) is 0 Å². The molecular weight excluding hydrogens is 404 g/mol. The fourth-order valence-electron chi connectivity index (χ4n) is 2.38. The number of benzene rings is 3. The summed E-state index contributed by atoms with van der Waals surface area (Å²) in [5.41, 5.74) is 2.10. The van der Waals surface area contributed by atoms with Crippen LogP contribution >= 0.6 is 0 Å². The van der Waals surface area contributed by atoms with Gasteiger partial charge in [0.25, 0.3) is 20.2 Å². The van der Waals surface area contributed by atoms with Crippen LogP contribution in [0.15, 0.2) is 92.8 Å². The Bertz CT molecular complexity index is 1250. The van der Waals surface area contributed by atoms with Crippen LogP contribution in [-0.4, -0.2) is 25.9 Å². The quantitative estimate of drug-likeness (QED) is 0.470. The lowest BCUT2D eigenvalue weighted by molar-refractivity contribution is 0.481. The standard InChI is InChI=1S/C18H14N2O6S2/c21-27(22,23)17-9-7-15(8-10-17)19-20-16-5-1-3-13(11-16)14-4-2-6-18(12-14)28(24,25)26/h1-12H,(H,21,22,23)(H,24,25,26). The Morgan fingerprint density at radius 3 is 1.71 bits per heavy atom. The third-order valence-electron chi connectivity index (χ3n) is 3.73. The molecule has 0 saturated carbocycles. The molecular formula is C18H14N2O6S2. The van der Waals surface area contributed by atoms with E-state index >= 15 is 0 Å². The molecule has 0 atom stereocenters. The topological polar surface area (TPSA) is 133 Å². The first kappa shape index (κ1) is 19.8. The van der Waals surface area contributed by atoms with E-state index in [0.717, 1.165) is 0 Å². The summed E-state index contributed by atoms with van der Waals surface area (Å²) in [7, 11) is -8.58. The van der Waals surface area contributed by atoms with Crippen molar-refractivity contribution in [3.8, 4) is 11.1 Å². The first-order valence-electron chi connectivity index (χ1n) is 7.80. The lowest BCUT2D eigenvalue weighted by Gasteiger charge is -2.04. The maximum absolute atomic E-state index is 11.3. The molecule has 2 N–H and O–H groups in total. The average molecular weight is 418 g/mol. The van der Waals surface area contributed by atoms with Crippen LogP contribution in [0.5, 0.6) is 0 Å². The van der Waals surface area contributed by atoms with Crippen molar-refractivity contribution < 1.29 is 25.9 Å². The van der Waals surface area contributed by atoms with E-state index in [0.29, 0.717) is 22.5 Å². The lowest BCUT2D eigenvalue weighted by Crippen LogP contribution is -1.97. The minimum Gasteiger partial charge on any atom is -0.282 e. The van der Waals surface area contributed by atoms with Crippen molar-refractivity contribution in [2.24, 2.45) is 10.2 Å². The van der Waals surface area contributed by atoms with Crippen LogP contribution in [0.2, 0.25) is 0 Å². The van der Waals surface area contributed by atoms with E-state index in [1.807, 2.05) is 0 Å². The maximum atomic E-state index is 11.3. The molecule has 3 aromatic carbocycles. The normalized spacial score (nSPS) is 12.4. The molecule has 8 nitrogen and oxygen atoms in total. The fraction of sp³-hybridized carbons (Fsp3) is 0. The molecule has 0 fully saturated rings. The van der Waals surface area contributed by atoms with Crippen LogP contribution in [0.25, 0.3) is 11.1 Å². The summed E-state index contributed by atoms with van der Waals surface area (Å²) < 4.78 is 62.8. The molecule has 0 aliphatic carbocycles. The van der Waals surface area contributed by atoms with Crippen LogP contribution in [-0.2, 0) is 20.2 Å². The predicted molar refractivity (Wildman–Crippen MR) is 102 cm³/mol. The highest BCUT2D eigenvalue weighted by molar-refractivity contribution is 7.86. The zero-order valence-electron chi connectivity index (χ0n) is 14.2. The first-order chi connectivity index (χ1) is 13.1. The van der Waals surface area contributed by atoms with Gasteiger partial charge in [0.15, 0.2) is 0 Å². The smallest absolute Gasteiger partial charge is 0.282 e.